The van der Waals surface area contributed by atoms with E-state index >= 15 is 0 Å². The third kappa shape index (κ3) is 6.93. The number of urea groups is 1. The first-order chi connectivity index (χ1) is 14.0. The second-order valence-electron chi connectivity index (χ2n) is 7.31. The maximum absolute atomic E-state index is 12.6. The predicted octanol–water partition coefficient (Wildman–Crippen LogP) is 3.26. The Balaban J connectivity index is 0.00000320. The molecule has 1 heterocycles. The van der Waals surface area contributed by atoms with E-state index in [1.165, 1.54) is 0 Å². The number of para-hydroxylation sites is 1. The van der Waals surface area contributed by atoms with Crippen molar-refractivity contribution in [3.63, 3.8) is 0 Å². The summed E-state index contributed by atoms with van der Waals surface area (Å²) in [7, 11) is 0. The van der Waals surface area contributed by atoms with E-state index in [9.17, 15) is 9.59 Å². The summed E-state index contributed by atoms with van der Waals surface area (Å²) < 4.78 is 5.86. The summed E-state index contributed by atoms with van der Waals surface area (Å²) >= 11 is 0. The number of carbonyl (C=O) groups is 2. The molecule has 0 aliphatic carbocycles. The summed E-state index contributed by atoms with van der Waals surface area (Å²) in [5.41, 5.74) is 6.10. The molecule has 3 rings (SSSR count). The molecule has 162 valence electrons. The van der Waals surface area contributed by atoms with Crippen molar-refractivity contribution in [1.29, 1.82) is 0 Å². The highest BCUT2D eigenvalue weighted by atomic mass is 35.5. The third-order valence-electron chi connectivity index (χ3n) is 5.05. The molecule has 0 spiro atoms. The van der Waals surface area contributed by atoms with Gasteiger partial charge in [0.15, 0.2) is 0 Å². The zero-order chi connectivity index (χ0) is 20.6. The fourth-order valence-electron chi connectivity index (χ4n) is 3.54. The number of ether oxygens (including phenoxy) is 1. The molecule has 2 aromatic rings. The molecule has 3 unspecified atom stereocenters. The van der Waals surface area contributed by atoms with Gasteiger partial charge in [-0.1, -0.05) is 30.3 Å². The number of hydrogen-bond donors (Lipinski definition) is 4. The normalized spacial score (nSPS) is 19.1. The SMILES string of the molecule is CC1NCCCC1NC(=O)CC(NC(N)=O)c1cccc(Oc2ccccc2)c1.Cl. The van der Waals surface area contributed by atoms with Gasteiger partial charge < -0.3 is 26.4 Å². The molecule has 3 amide bonds. The van der Waals surface area contributed by atoms with E-state index in [0.717, 1.165) is 24.9 Å². The summed E-state index contributed by atoms with van der Waals surface area (Å²) in [5, 5.41) is 9.11. The van der Waals surface area contributed by atoms with Crippen LogP contribution in [-0.4, -0.2) is 30.6 Å². The van der Waals surface area contributed by atoms with Crippen LogP contribution in [0.3, 0.4) is 0 Å². The minimum Gasteiger partial charge on any atom is -0.457 e. The zero-order valence-electron chi connectivity index (χ0n) is 17.0. The number of benzene rings is 2. The largest absolute Gasteiger partial charge is 0.457 e. The van der Waals surface area contributed by atoms with Crippen molar-refractivity contribution in [2.45, 2.75) is 44.3 Å². The van der Waals surface area contributed by atoms with Crippen LogP contribution in [0.25, 0.3) is 0 Å². The lowest BCUT2D eigenvalue weighted by molar-refractivity contribution is -0.122. The van der Waals surface area contributed by atoms with E-state index in [2.05, 4.69) is 22.9 Å². The van der Waals surface area contributed by atoms with Crippen LogP contribution in [0.15, 0.2) is 54.6 Å². The minimum atomic E-state index is -0.676. The quantitative estimate of drug-likeness (QED) is 0.538. The molecule has 0 bridgehead atoms. The average molecular weight is 433 g/mol. The molecular weight excluding hydrogens is 404 g/mol. The first kappa shape index (κ1) is 23.5. The van der Waals surface area contributed by atoms with Gasteiger partial charge in [-0.05, 0) is 56.1 Å². The van der Waals surface area contributed by atoms with Crippen molar-refractivity contribution < 1.29 is 14.3 Å². The molecule has 3 atom stereocenters. The van der Waals surface area contributed by atoms with E-state index in [1.807, 2.05) is 54.6 Å². The molecule has 0 aromatic heterocycles. The van der Waals surface area contributed by atoms with Gasteiger partial charge in [-0.3, -0.25) is 4.79 Å². The summed E-state index contributed by atoms with van der Waals surface area (Å²) in [6, 6.07) is 15.8. The second-order valence-corrected chi connectivity index (χ2v) is 7.31. The van der Waals surface area contributed by atoms with Gasteiger partial charge in [-0.2, -0.15) is 0 Å². The smallest absolute Gasteiger partial charge is 0.312 e. The van der Waals surface area contributed by atoms with Crippen LogP contribution < -0.4 is 26.4 Å². The number of amides is 3. The maximum atomic E-state index is 12.6. The number of halogens is 1. The number of primary amides is 1. The van der Waals surface area contributed by atoms with Gasteiger partial charge in [0.05, 0.1) is 12.5 Å². The summed E-state index contributed by atoms with van der Waals surface area (Å²) in [6.45, 7) is 3.03. The van der Waals surface area contributed by atoms with E-state index in [-0.39, 0.29) is 36.8 Å². The number of carbonyl (C=O) groups excluding carboxylic acids is 2. The lowest BCUT2D eigenvalue weighted by atomic mass is 9.98. The standard InChI is InChI=1S/C22H28N4O3.ClH/c1-15-19(11-6-12-24-15)25-21(27)14-20(26-22(23)28)16-7-5-10-18(13-16)29-17-8-3-2-4-9-17;/h2-5,7-10,13,15,19-20,24H,6,11-12,14H2,1H3,(H,25,27)(H3,23,26,28);1H. The summed E-state index contributed by atoms with van der Waals surface area (Å²) in [5.74, 6) is 1.20. The van der Waals surface area contributed by atoms with Gasteiger partial charge in [0.1, 0.15) is 11.5 Å². The molecule has 30 heavy (non-hydrogen) atoms. The Hall–Kier alpha value is -2.77. The van der Waals surface area contributed by atoms with E-state index in [4.69, 9.17) is 10.5 Å². The van der Waals surface area contributed by atoms with Gasteiger partial charge in [-0.25, -0.2) is 4.79 Å². The van der Waals surface area contributed by atoms with Gasteiger partial charge in [0, 0.05) is 12.1 Å². The van der Waals surface area contributed by atoms with E-state index < -0.39 is 12.1 Å². The van der Waals surface area contributed by atoms with Crippen LogP contribution in [0, 0.1) is 0 Å². The minimum absolute atomic E-state index is 0. The van der Waals surface area contributed by atoms with Crippen LogP contribution in [0.4, 0.5) is 4.79 Å². The van der Waals surface area contributed by atoms with Gasteiger partial charge in [0.25, 0.3) is 0 Å². The Labute approximate surface area is 183 Å². The van der Waals surface area contributed by atoms with Crippen molar-refractivity contribution in [3.8, 4) is 11.5 Å². The third-order valence-corrected chi connectivity index (χ3v) is 5.05. The first-order valence-corrected chi connectivity index (χ1v) is 9.93. The fraction of sp³-hybridized carbons (Fsp3) is 0.364. The predicted molar refractivity (Wildman–Crippen MR) is 119 cm³/mol. The van der Waals surface area contributed by atoms with E-state index in [0.29, 0.717) is 11.5 Å². The Morgan fingerprint density at radius 2 is 1.90 bits per heavy atom. The highest BCUT2D eigenvalue weighted by Crippen LogP contribution is 2.26. The first-order valence-electron chi connectivity index (χ1n) is 9.93. The molecule has 1 fully saturated rings. The Morgan fingerprint density at radius 1 is 1.17 bits per heavy atom. The van der Waals surface area contributed by atoms with Crippen LogP contribution >= 0.6 is 12.4 Å². The van der Waals surface area contributed by atoms with Gasteiger partial charge >= 0.3 is 6.03 Å². The topological polar surface area (TPSA) is 105 Å². The number of rotatable bonds is 7. The van der Waals surface area contributed by atoms with E-state index in [1.54, 1.807) is 0 Å². The number of nitrogens with one attached hydrogen (secondary N) is 3. The summed E-state index contributed by atoms with van der Waals surface area (Å²) in [4.78, 5) is 24.2. The fourth-order valence-corrected chi connectivity index (χ4v) is 3.54. The second kappa shape index (κ2) is 11.4. The molecular formula is C22H29ClN4O3. The Bertz CT molecular complexity index is 834. The summed E-state index contributed by atoms with van der Waals surface area (Å²) in [6.07, 6.45) is 2.06. The van der Waals surface area contributed by atoms with Crippen molar-refractivity contribution in [1.82, 2.24) is 16.0 Å². The Morgan fingerprint density at radius 3 is 2.60 bits per heavy atom. The maximum Gasteiger partial charge on any atom is 0.312 e. The number of piperidine rings is 1. The van der Waals surface area contributed by atoms with Crippen LogP contribution in [0.2, 0.25) is 0 Å². The van der Waals surface area contributed by atoms with Crippen LogP contribution in [0.5, 0.6) is 11.5 Å². The molecule has 8 heteroatoms. The van der Waals surface area contributed by atoms with Crippen molar-refractivity contribution in [2.24, 2.45) is 5.73 Å². The molecule has 5 N–H and O–H groups in total. The average Bonchev–Trinajstić information content (AvgIpc) is 2.70. The molecule has 1 aliphatic heterocycles. The van der Waals surface area contributed by atoms with Crippen molar-refractivity contribution in [2.75, 3.05) is 6.54 Å². The molecule has 7 nitrogen and oxygen atoms in total. The van der Waals surface area contributed by atoms with Crippen molar-refractivity contribution in [3.05, 3.63) is 60.2 Å². The van der Waals surface area contributed by atoms with Crippen LogP contribution in [-0.2, 0) is 4.79 Å². The highest BCUT2D eigenvalue weighted by molar-refractivity contribution is 5.85. The number of nitrogens with two attached hydrogens (primary N) is 1. The molecule has 0 saturated carbocycles. The van der Waals surface area contributed by atoms with Crippen LogP contribution in [0.1, 0.15) is 37.8 Å². The molecule has 1 aliphatic rings. The zero-order valence-corrected chi connectivity index (χ0v) is 17.8. The lowest BCUT2D eigenvalue weighted by Crippen LogP contribution is -2.52. The van der Waals surface area contributed by atoms with Gasteiger partial charge in [0.2, 0.25) is 5.91 Å². The van der Waals surface area contributed by atoms with Crippen molar-refractivity contribution >= 4 is 24.3 Å². The molecule has 2 aromatic carbocycles. The number of hydrogen-bond acceptors (Lipinski definition) is 4. The molecule has 1 saturated heterocycles. The molecule has 0 radical (unpaired) electrons. The monoisotopic (exact) mass is 432 g/mol. The highest BCUT2D eigenvalue weighted by Gasteiger charge is 2.24. The lowest BCUT2D eigenvalue weighted by Gasteiger charge is -2.31. The Kier molecular flexibility index (Phi) is 8.95. The van der Waals surface area contributed by atoms with Gasteiger partial charge in [-0.15, -0.1) is 12.4 Å².